The molecule has 0 aliphatic rings. The number of para-hydroxylation sites is 1. The summed E-state index contributed by atoms with van der Waals surface area (Å²) in [6.45, 7) is 6.10. The molecule has 0 saturated carbocycles. The van der Waals surface area contributed by atoms with Gasteiger partial charge in [0.15, 0.2) is 5.69 Å². The van der Waals surface area contributed by atoms with E-state index in [0.717, 1.165) is 23.4 Å². The average Bonchev–Trinajstić information content (AvgIpc) is 3.04. The number of amides is 1. The predicted octanol–water partition coefficient (Wildman–Crippen LogP) is 2.05. The van der Waals surface area contributed by atoms with Gasteiger partial charge in [0.25, 0.3) is 5.56 Å². The van der Waals surface area contributed by atoms with Crippen molar-refractivity contribution in [1.82, 2.24) is 19.3 Å². The molecule has 3 rings (SSSR count). The van der Waals surface area contributed by atoms with Crippen LogP contribution in [-0.4, -0.2) is 32.3 Å². The van der Waals surface area contributed by atoms with Crippen molar-refractivity contribution < 1.29 is 9.53 Å². The van der Waals surface area contributed by atoms with Crippen molar-refractivity contribution in [2.75, 3.05) is 17.7 Å². The fraction of sp³-hybridized carbons (Fsp3) is 0.417. The number of hydrogen-bond acceptors (Lipinski definition) is 6. The van der Waals surface area contributed by atoms with E-state index in [4.69, 9.17) is 10.5 Å². The number of hydrogen-bond donors (Lipinski definition) is 2. The molecule has 34 heavy (non-hydrogen) atoms. The number of benzene rings is 1. The van der Waals surface area contributed by atoms with Crippen LogP contribution in [0.15, 0.2) is 33.9 Å². The van der Waals surface area contributed by atoms with E-state index in [-0.39, 0.29) is 30.4 Å². The molecule has 10 nitrogen and oxygen atoms in total. The number of anilines is 2. The third-order valence-electron chi connectivity index (χ3n) is 6.03. The van der Waals surface area contributed by atoms with Gasteiger partial charge in [-0.15, -0.1) is 0 Å². The van der Waals surface area contributed by atoms with E-state index in [2.05, 4.69) is 10.1 Å². The lowest BCUT2D eigenvalue weighted by Crippen LogP contribution is -2.41. The van der Waals surface area contributed by atoms with Gasteiger partial charge in [0, 0.05) is 30.4 Å². The maximum atomic E-state index is 13.7. The van der Waals surface area contributed by atoms with E-state index < -0.39 is 11.2 Å². The summed E-state index contributed by atoms with van der Waals surface area (Å²) in [6.07, 6.45) is 1.56. The van der Waals surface area contributed by atoms with Gasteiger partial charge in [-0.2, -0.15) is 5.10 Å². The van der Waals surface area contributed by atoms with Crippen molar-refractivity contribution >= 4 is 17.4 Å². The van der Waals surface area contributed by atoms with Crippen LogP contribution in [0.3, 0.4) is 0 Å². The Morgan fingerprint density at radius 2 is 1.94 bits per heavy atom. The number of carbonyl (C=O) groups is 1. The molecule has 0 unspecified atom stereocenters. The molecule has 3 N–H and O–H groups in total. The normalized spacial score (nSPS) is 11.0. The van der Waals surface area contributed by atoms with E-state index in [1.54, 1.807) is 17.9 Å². The molecule has 0 bridgehead atoms. The van der Waals surface area contributed by atoms with Gasteiger partial charge in [-0.25, -0.2) is 4.79 Å². The van der Waals surface area contributed by atoms with Gasteiger partial charge in [0.2, 0.25) is 5.91 Å². The van der Waals surface area contributed by atoms with Gasteiger partial charge in [0.05, 0.1) is 25.8 Å². The molecule has 0 atom stereocenters. The average molecular weight is 469 g/mol. The minimum Gasteiger partial charge on any atom is -0.496 e. The molecule has 0 fully saturated rings. The molecule has 2 heterocycles. The third kappa shape index (κ3) is 4.90. The minimum atomic E-state index is -0.710. The number of rotatable bonds is 9. The summed E-state index contributed by atoms with van der Waals surface area (Å²) < 4.78 is 8.48. The smallest absolute Gasteiger partial charge is 0.330 e. The Morgan fingerprint density at radius 3 is 2.56 bits per heavy atom. The summed E-state index contributed by atoms with van der Waals surface area (Å²) in [7, 11) is 3.36. The fourth-order valence-electron chi connectivity index (χ4n) is 3.99. The maximum absolute atomic E-state index is 13.7. The summed E-state index contributed by atoms with van der Waals surface area (Å²) in [4.78, 5) is 42.8. The summed E-state index contributed by atoms with van der Waals surface area (Å²) in [5.41, 5.74) is 8.07. The standard InChI is InChI=1S/C24H32N6O4/c1-6-7-12-29-22(25)21(23(32)26-24(29)33)30(14-17-10-8-9-11-19(17)34-5)20(31)13-18-15(2)27-28(4)16(18)3/h8-11H,6-7,12-14,25H2,1-5H3,(H,26,32,33). The van der Waals surface area contributed by atoms with Crippen LogP contribution < -0.4 is 26.6 Å². The number of H-pyrrole nitrogens is 1. The first kappa shape index (κ1) is 24.8. The van der Waals surface area contributed by atoms with Crippen molar-refractivity contribution in [2.45, 2.75) is 53.1 Å². The topological polar surface area (TPSA) is 128 Å². The van der Waals surface area contributed by atoms with Crippen LogP contribution in [0.1, 0.15) is 42.3 Å². The van der Waals surface area contributed by atoms with Gasteiger partial charge < -0.3 is 10.5 Å². The zero-order chi connectivity index (χ0) is 25.0. The van der Waals surface area contributed by atoms with Crippen LogP contribution in [-0.2, 0) is 31.4 Å². The van der Waals surface area contributed by atoms with Crippen molar-refractivity contribution in [1.29, 1.82) is 0 Å². The van der Waals surface area contributed by atoms with E-state index in [1.165, 1.54) is 9.47 Å². The highest BCUT2D eigenvalue weighted by molar-refractivity contribution is 5.97. The first-order valence-corrected chi connectivity index (χ1v) is 11.2. The second-order valence-electron chi connectivity index (χ2n) is 8.24. The Bertz CT molecular complexity index is 1300. The van der Waals surface area contributed by atoms with Gasteiger partial charge >= 0.3 is 5.69 Å². The number of methoxy groups -OCH3 is 1. The largest absolute Gasteiger partial charge is 0.496 e. The highest BCUT2D eigenvalue weighted by atomic mass is 16.5. The van der Waals surface area contributed by atoms with E-state index in [1.807, 2.05) is 46.0 Å². The number of nitrogens with two attached hydrogens (primary N) is 1. The molecule has 2 aromatic heterocycles. The molecule has 10 heteroatoms. The molecule has 0 saturated heterocycles. The van der Waals surface area contributed by atoms with Crippen LogP contribution in [0, 0.1) is 13.8 Å². The van der Waals surface area contributed by atoms with Gasteiger partial charge in [0.1, 0.15) is 11.6 Å². The monoisotopic (exact) mass is 468 g/mol. The molecule has 0 aliphatic heterocycles. The highest BCUT2D eigenvalue weighted by Gasteiger charge is 2.27. The lowest BCUT2D eigenvalue weighted by atomic mass is 10.1. The van der Waals surface area contributed by atoms with E-state index >= 15 is 0 Å². The number of carbonyl (C=O) groups excluding carboxylic acids is 1. The van der Waals surface area contributed by atoms with Gasteiger partial charge in [-0.1, -0.05) is 31.5 Å². The number of nitrogens with zero attached hydrogens (tertiary/aromatic N) is 4. The number of ether oxygens (including phenoxy) is 1. The Hall–Kier alpha value is -3.82. The molecular weight excluding hydrogens is 436 g/mol. The molecule has 1 amide bonds. The van der Waals surface area contributed by atoms with Crippen LogP contribution in [0.5, 0.6) is 5.75 Å². The number of aromatic nitrogens is 4. The zero-order valence-electron chi connectivity index (χ0n) is 20.3. The molecule has 1 aromatic carbocycles. The number of aryl methyl sites for hydroxylation is 2. The number of nitrogen functional groups attached to an aromatic ring is 1. The third-order valence-corrected chi connectivity index (χ3v) is 6.03. The summed E-state index contributed by atoms with van der Waals surface area (Å²) >= 11 is 0. The predicted molar refractivity (Wildman–Crippen MR) is 131 cm³/mol. The number of nitrogens with one attached hydrogen (secondary N) is 1. The van der Waals surface area contributed by atoms with Crippen LogP contribution >= 0.6 is 0 Å². The SMILES string of the molecule is CCCCn1c(N)c(N(Cc2ccccc2OC)C(=O)Cc2c(C)nn(C)c2C)c(=O)[nH]c1=O. The van der Waals surface area contributed by atoms with Gasteiger partial charge in [-0.3, -0.25) is 28.7 Å². The Labute approximate surface area is 198 Å². The molecule has 0 spiro atoms. The number of unbranched alkanes of at least 4 members (excludes halogenated alkanes) is 1. The summed E-state index contributed by atoms with van der Waals surface area (Å²) in [5.74, 6) is 0.191. The second-order valence-corrected chi connectivity index (χ2v) is 8.24. The van der Waals surface area contributed by atoms with Crippen molar-refractivity contribution in [2.24, 2.45) is 7.05 Å². The lowest BCUT2D eigenvalue weighted by Gasteiger charge is -2.25. The van der Waals surface area contributed by atoms with Crippen molar-refractivity contribution in [3.63, 3.8) is 0 Å². The fourth-order valence-corrected chi connectivity index (χ4v) is 3.99. The van der Waals surface area contributed by atoms with Gasteiger partial charge in [-0.05, 0) is 26.3 Å². The first-order chi connectivity index (χ1) is 16.2. The van der Waals surface area contributed by atoms with E-state index in [9.17, 15) is 14.4 Å². The molecule has 3 aromatic rings. The van der Waals surface area contributed by atoms with E-state index in [0.29, 0.717) is 24.3 Å². The summed E-state index contributed by atoms with van der Waals surface area (Å²) in [5, 5.41) is 4.39. The summed E-state index contributed by atoms with van der Waals surface area (Å²) in [6, 6.07) is 7.25. The maximum Gasteiger partial charge on any atom is 0.330 e. The minimum absolute atomic E-state index is 0.0215. The van der Waals surface area contributed by atoms with Crippen LogP contribution in [0.25, 0.3) is 0 Å². The van der Waals surface area contributed by atoms with Crippen LogP contribution in [0.4, 0.5) is 11.5 Å². The van der Waals surface area contributed by atoms with Crippen molar-refractivity contribution in [3.05, 3.63) is 67.6 Å². The Balaban J connectivity index is 2.15. The molecule has 0 radical (unpaired) electrons. The zero-order valence-corrected chi connectivity index (χ0v) is 20.3. The number of aromatic amines is 1. The Kier molecular flexibility index (Phi) is 7.60. The molecule has 182 valence electrons. The second kappa shape index (κ2) is 10.4. The van der Waals surface area contributed by atoms with Crippen LogP contribution in [0.2, 0.25) is 0 Å². The quantitative estimate of drug-likeness (QED) is 0.495. The lowest BCUT2D eigenvalue weighted by molar-refractivity contribution is -0.118. The Morgan fingerprint density at radius 1 is 1.24 bits per heavy atom. The van der Waals surface area contributed by atoms with Crippen molar-refractivity contribution in [3.8, 4) is 5.75 Å². The highest BCUT2D eigenvalue weighted by Crippen LogP contribution is 2.26. The first-order valence-electron chi connectivity index (χ1n) is 11.2. The molecule has 0 aliphatic carbocycles. The molecular formula is C24H32N6O4.